The van der Waals surface area contributed by atoms with Gasteiger partial charge < -0.3 is 10.6 Å². The van der Waals surface area contributed by atoms with E-state index in [-0.39, 0.29) is 22.9 Å². The molecule has 0 aliphatic rings. The van der Waals surface area contributed by atoms with E-state index in [4.69, 9.17) is 0 Å². The Morgan fingerprint density at radius 1 is 1.06 bits per heavy atom. The van der Waals surface area contributed by atoms with Crippen molar-refractivity contribution in [3.8, 4) is 5.69 Å². The first-order valence-corrected chi connectivity index (χ1v) is 10.7. The molecule has 0 spiro atoms. The molecule has 1 heterocycles. The Balaban J connectivity index is 1.76. The molecule has 1 unspecified atom stereocenters. The summed E-state index contributed by atoms with van der Waals surface area (Å²) in [6.45, 7) is 11.6. The molecule has 0 radical (unpaired) electrons. The normalized spacial score (nSPS) is 12.5. The molecule has 8 nitrogen and oxygen atoms in total. The number of benzene rings is 2. The average Bonchev–Trinajstić information content (AvgIpc) is 3.18. The lowest BCUT2D eigenvalue weighted by Gasteiger charge is -2.22. The van der Waals surface area contributed by atoms with Gasteiger partial charge in [-0.25, -0.2) is 4.39 Å². The summed E-state index contributed by atoms with van der Waals surface area (Å²) >= 11 is 0. The summed E-state index contributed by atoms with van der Waals surface area (Å²) < 4.78 is 15.6. The Hall–Kier alpha value is -3.62. The van der Waals surface area contributed by atoms with Gasteiger partial charge in [0.25, 0.3) is 5.91 Å². The van der Waals surface area contributed by atoms with Gasteiger partial charge in [-0.15, -0.1) is 5.10 Å². The van der Waals surface area contributed by atoms with Gasteiger partial charge in [0.15, 0.2) is 5.82 Å². The summed E-state index contributed by atoms with van der Waals surface area (Å²) in [4.78, 5) is 25.8. The molecule has 0 aliphatic heterocycles. The van der Waals surface area contributed by atoms with Crippen molar-refractivity contribution in [3.63, 3.8) is 0 Å². The van der Waals surface area contributed by atoms with E-state index >= 15 is 0 Å². The number of amides is 2. The first-order chi connectivity index (χ1) is 15.5. The van der Waals surface area contributed by atoms with E-state index in [2.05, 4.69) is 46.9 Å². The van der Waals surface area contributed by atoms with Crippen LogP contribution in [0.2, 0.25) is 0 Å². The summed E-state index contributed by atoms with van der Waals surface area (Å²) in [5, 5.41) is 16.6. The van der Waals surface area contributed by atoms with E-state index < -0.39 is 17.8 Å². The smallest absolute Gasteiger partial charge is 0.251 e. The maximum absolute atomic E-state index is 14.3. The first-order valence-electron chi connectivity index (χ1n) is 10.7. The van der Waals surface area contributed by atoms with Crippen molar-refractivity contribution >= 4 is 17.5 Å². The van der Waals surface area contributed by atoms with Crippen molar-refractivity contribution < 1.29 is 14.0 Å². The Kier molecular flexibility index (Phi) is 6.90. The van der Waals surface area contributed by atoms with Gasteiger partial charge in [0.2, 0.25) is 5.91 Å². The second-order valence-corrected chi connectivity index (χ2v) is 9.32. The van der Waals surface area contributed by atoms with Crippen molar-refractivity contribution in [2.75, 3.05) is 5.32 Å². The second kappa shape index (κ2) is 9.48. The lowest BCUT2D eigenvalue weighted by Crippen LogP contribution is -2.47. The molecule has 2 aromatic carbocycles. The third kappa shape index (κ3) is 5.60. The number of aryl methyl sites for hydroxylation is 1. The van der Waals surface area contributed by atoms with Crippen molar-refractivity contribution in [1.82, 2.24) is 25.5 Å². The zero-order valence-corrected chi connectivity index (χ0v) is 19.7. The summed E-state index contributed by atoms with van der Waals surface area (Å²) in [6, 6.07) is 10.7. The predicted molar refractivity (Wildman–Crippen MR) is 124 cm³/mol. The number of carbonyl (C=O) groups excluding carboxylic acids is 2. The van der Waals surface area contributed by atoms with Crippen LogP contribution < -0.4 is 10.6 Å². The van der Waals surface area contributed by atoms with E-state index in [1.165, 1.54) is 22.9 Å². The molecule has 174 valence electrons. The molecular formula is C24H29FN6O2. The lowest BCUT2D eigenvalue weighted by atomic mass is 9.86. The highest BCUT2D eigenvalue weighted by molar-refractivity contribution is 6.01. The van der Waals surface area contributed by atoms with Gasteiger partial charge in [-0.2, -0.15) is 4.68 Å². The summed E-state index contributed by atoms with van der Waals surface area (Å²) in [5.74, 6) is -1.05. The van der Waals surface area contributed by atoms with Crippen LogP contribution in [0.25, 0.3) is 5.69 Å². The van der Waals surface area contributed by atoms with E-state index in [0.29, 0.717) is 17.1 Å². The molecule has 0 aliphatic carbocycles. The van der Waals surface area contributed by atoms with Crippen molar-refractivity contribution in [2.45, 2.75) is 53.0 Å². The van der Waals surface area contributed by atoms with Gasteiger partial charge in [-0.3, -0.25) is 9.59 Å². The number of halogens is 1. The Labute approximate surface area is 192 Å². The van der Waals surface area contributed by atoms with Crippen LogP contribution in [-0.2, 0) is 10.2 Å². The van der Waals surface area contributed by atoms with E-state index in [9.17, 15) is 14.0 Å². The summed E-state index contributed by atoms with van der Waals surface area (Å²) in [5.41, 5.74) is 2.03. The van der Waals surface area contributed by atoms with Crippen LogP contribution >= 0.6 is 0 Å². The molecule has 0 saturated carbocycles. The molecule has 2 amide bonds. The highest BCUT2D eigenvalue weighted by Gasteiger charge is 2.25. The van der Waals surface area contributed by atoms with Gasteiger partial charge in [0.1, 0.15) is 17.5 Å². The minimum atomic E-state index is -0.789. The number of hydrogen-bond donors (Lipinski definition) is 2. The fourth-order valence-corrected chi connectivity index (χ4v) is 3.31. The maximum atomic E-state index is 14.3. The van der Waals surface area contributed by atoms with Gasteiger partial charge in [-0.05, 0) is 64.6 Å². The number of rotatable bonds is 6. The van der Waals surface area contributed by atoms with E-state index in [0.717, 1.165) is 5.56 Å². The summed E-state index contributed by atoms with van der Waals surface area (Å²) in [7, 11) is 0. The lowest BCUT2D eigenvalue weighted by molar-refractivity contribution is -0.118. The van der Waals surface area contributed by atoms with Crippen molar-refractivity contribution in [3.05, 3.63) is 65.2 Å². The Morgan fingerprint density at radius 3 is 2.27 bits per heavy atom. The zero-order valence-electron chi connectivity index (χ0n) is 19.7. The van der Waals surface area contributed by atoms with Crippen LogP contribution in [-0.4, -0.2) is 38.1 Å². The summed E-state index contributed by atoms with van der Waals surface area (Å²) in [6.07, 6.45) is 0. The number of aromatic nitrogens is 4. The average molecular weight is 453 g/mol. The molecule has 1 aromatic heterocycles. The largest absolute Gasteiger partial charge is 0.340 e. The zero-order chi connectivity index (χ0) is 24.3. The molecule has 2 N–H and O–H groups in total. The van der Waals surface area contributed by atoms with Crippen molar-refractivity contribution in [1.29, 1.82) is 0 Å². The Bertz CT molecular complexity index is 1150. The number of nitrogens with one attached hydrogen (secondary N) is 2. The fraction of sp³-hybridized carbons (Fsp3) is 0.375. The van der Waals surface area contributed by atoms with Crippen LogP contribution in [0.1, 0.15) is 56.4 Å². The van der Waals surface area contributed by atoms with Crippen LogP contribution in [0.15, 0.2) is 42.5 Å². The molecule has 9 heteroatoms. The van der Waals surface area contributed by atoms with Crippen LogP contribution in [0.3, 0.4) is 0 Å². The first kappa shape index (κ1) is 24.0. The molecule has 3 rings (SSSR count). The number of nitrogens with zero attached hydrogens (tertiary/aromatic N) is 4. The maximum Gasteiger partial charge on any atom is 0.251 e. The SMILES string of the molecule is Cc1nnnn1-c1cc(NC(=O)C(NC(=O)c2ccc(C(C)(C)C)cc2)C(C)C)ccc1F. The molecule has 33 heavy (non-hydrogen) atoms. The highest BCUT2D eigenvalue weighted by Crippen LogP contribution is 2.23. The molecule has 0 saturated heterocycles. The van der Waals surface area contributed by atoms with Gasteiger partial charge in [-0.1, -0.05) is 46.8 Å². The van der Waals surface area contributed by atoms with Crippen molar-refractivity contribution in [2.24, 2.45) is 5.92 Å². The van der Waals surface area contributed by atoms with Gasteiger partial charge >= 0.3 is 0 Å². The fourth-order valence-electron chi connectivity index (χ4n) is 3.31. The quantitative estimate of drug-likeness (QED) is 0.592. The number of hydrogen-bond acceptors (Lipinski definition) is 5. The van der Waals surface area contributed by atoms with Gasteiger partial charge in [0, 0.05) is 11.3 Å². The standard InChI is InChI=1S/C24H29FN6O2/c1-14(2)21(27-22(32)16-7-9-17(10-8-16)24(4,5)6)23(33)26-18-11-12-19(25)20(13-18)31-15(3)28-29-30-31/h7-14,21H,1-6H3,(H,26,33)(H,27,32). The third-order valence-electron chi connectivity index (χ3n) is 5.32. The molecule has 3 aromatic rings. The monoisotopic (exact) mass is 452 g/mol. The minimum absolute atomic E-state index is 0.0236. The van der Waals surface area contributed by atoms with Gasteiger partial charge in [0.05, 0.1) is 0 Å². The number of anilines is 1. The second-order valence-electron chi connectivity index (χ2n) is 9.32. The Morgan fingerprint density at radius 2 is 1.73 bits per heavy atom. The molecule has 0 bridgehead atoms. The molecular weight excluding hydrogens is 423 g/mol. The highest BCUT2D eigenvalue weighted by atomic mass is 19.1. The molecule has 1 atom stereocenters. The van der Waals surface area contributed by atoms with E-state index in [1.807, 2.05) is 26.0 Å². The topological polar surface area (TPSA) is 102 Å². The van der Waals surface area contributed by atoms with Crippen LogP contribution in [0, 0.1) is 18.7 Å². The van der Waals surface area contributed by atoms with Crippen LogP contribution in [0.4, 0.5) is 10.1 Å². The molecule has 0 fully saturated rings. The third-order valence-corrected chi connectivity index (χ3v) is 5.32. The van der Waals surface area contributed by atoms with Crippen LogP contribution in [0.5, 0.6) is 0 Å². The number of tetrazole rings is 1. The number of carbonyl (C=O) groups is 2. The minimum Gasteiger partial charge on any atom is -0.340 e. The van der Waals surface area contributed by atoms with E-state index in [1.54, 1.807) is 19.1 Å². The predicted octanol–water partition coefficient (Wildman–Crippen LogP) is 3.80.